The number of aromatic amines is 1. The van der Waals surface area contributed by atoms with E-state index >= 15 is 0 Å². The number of hydrogen-bond acceptors (Lipinski definition) is 5. The topological polar surface area (TPSA) is 87.7 Å². The molecule has 1 saturated carbocycles. The fourth-order valence-corrected chi connectivity index (χ4v) is 4.81. The van der Waals surface area contributed by atoms with E-state index in [2.05, 4.69) is 9.97 Å². The van der Waals surface area contributed by atoms with Crippen LogP contribution >= 0.6 is 0 Å². The van der Waals surface area contributed by atoms with Crippen molar-refractivity contribution in [3.63, 3.8) is 0 Å². The lowest BCUT2D eigenvalue weighted by Crippen LogP contribution is -2.68. The molecule has 24 heavy (non-hydrogen) atoms. The molecular weight excluding hydrogens is 309 g/mol. The van der Waals surface area contributed by atoms with Gasteiger partial charge in [0.25, 0.3) is 0 Å². The molecular formula is C16H18BN3O4. The maximum atomic E-state index is 11.8. The molecule has 8 heteroatoms. The highest BCUT2D eigenvalue weighted by Gasteiger charge is 2.66. The van der Waals surface area contributed by atoms with Crippen LogP contribution in [0.4, 0.5) is 4.79 Å². The zero-order chi connectivity index (χ0) is 16.5. The van der Waals surface area contributed by atoms with Crippen molar-refractivity contribution in [3.05, 3.63) is 24.0 Å². The van der Waals surface area contributed by atoms with Crippen molar-refractivity contribution < 1.29 is 19.2 Å². The average Bonchev–Trinajstić information content (AvgIpc) is 3.05. The predicted molar refractivity (Wildman–Crippen MR) is 86.7 cm³/mol. The van der Waals surface area contributed by atoms with E-state index in [0.29, 0.717) is 19.7 Å². The number of amides is 1. The van der Waals surface area contributed by atoms with Gasteiger partial charge in [-0.25, -0.2) is 9.78 Å². The Morgan fingerprint density at radius 2 is 2.33 bits per heavy atom. The SMILES string of the molecule is CCOC(=O)N1CC2(C1)CC1(C2)OB(O)c2cnc3[nH]ccc3c21. The third-order valence-corrected chi connectivity index (χ3v) is 5.57. The third-order valence-electron chi connectivity index (χ3n) is 5.57. The number of hydrogen-bond donors (Lipinski definition) is 2. The van der Waals surface area contributed by atoms with Gasteiger partial charge in [0.2, 0.25) is 0 Å². The van der Waals surface area contributed by atoms with Crippen LogP contribution < -0.4 is 5.46 Å². The molecule has 2 aromatic heterocycles. The maximum absolute atomic E-state index is 11.8. The van der Waals surface area contributed by atoms with Gasteiger partial charge in [-0.2, -0.15) is 0 Å². The first-order chi connectivity index (χ1) is 11.6. The number of fused-ring (bicyclic) bond motifs is 4. The van der Waals surface area contributed by atoms with Crippen LogP contribution in [0.25, 0.3) is 11.0 Å². The number of ether oxygens (including phenoxy) is 1. The summed E-state index contributed by atoms with van der Waals surface area (Å²) in [7, 11) is -0.926. The van der Waals surface area contributed by atoms with Crippen LogP contribution in [-0.4, -0.2) is 52.8 Å². The van der Waals surface area contributed by atoms with Crippen LogP contribution in [0.15, 0.2) is 18.5 Å². The van der Waals surface area contributed by atoms with Crippen LogP contribution in [0.2, 0.25) is 0 Å². The van der Waals surface area contributed by atoms with Gasteiger partial charge in [-0.1, -0.05) is 0 Å². The highest BCUT2D eigenvalue weighted by Crippen LogP contribution is 2.62. The minimum absolute atomic E-state index is 0.0833. The van der Waals surface area contributed by atoms with Crippen molar-refractivity contribution >= 4 is 29.7 Å². The summed E-state index contributed by atoms with van der Waals surface area (Å²) in [6, 6.07) is 1.99. The van der Waals surface area contributed by atoms with Crippen LogP contribution in [0.3, 0.4) is 0 Å². The van der Waals surface area contributed by atoms with Crippen LogP contribution in [0, 0.1) is 5.41 Å². The van der Waals surface area contributed by atoms with Crippen molar-refractivity contribution in [1.29, 1.82) is 0 Å². The number of carbonyl (C=O) groups is 1. The lowest BCUT2D eigenvalue weighted by Gasteiger charge is -2.62. The molecule has 124 valence electrons. The molecule has 2 spiro atoms. The Kier molecular flexibility index (Phi) is 2.69. The standard InChI is InChI=1S/C16H18BN3O4/c1-2-23-14(21)20-8-15(9-20)6-16(7-15)12-10-3-4-18-13(10)19-5-11(12)17(22)24-16/h3-5,22H,2,6-9H2,1H3,(H,18,19). The average molecular weight is 327 g/mol. The Labute approximate surface area is 139 Å². The van der Waals surface area contributed by atoms with Gasteiger partial charge in [0.15, 0.2) is 0 Å². The van der Waals surface area contributed by atoms with E-state index in [1.165, 1.54) is 0 Å². The number of rotatable bonds is 1. The normalized spacial score (nSPS) is 22.6. The summed E-state index contributed by atoms with van der Waals surface area (Å²) in [5.74, 6) is 0. The van der Waals surface area contributed by atoms with Gasteiger partial charge in [0, 0.05) is 41.7 Å². The summed E-state index contributed by atoms with van der Waals surface area (Å²) in [6.45, 7) is 3.60. The molecule has 7 nitrogen and oxygen atoms in total. The second kappa shape index (κ2) is 4.52. The molecule has 0 unspecified atom stereocenters. The van der Waals surface area contributed by atoms with Crippen LogP contribution in [-0.2, 0) is 15.0 Å². The zero-order valence-electron chi connectivity index (χ0n) is 13.4. The molecule has 1 amide bonds. The molecule has 0 radical (unpaired) electrons. The van der Waals surface area contributed by atoms with E-state index in [4.69, 9.17) is 9.39 Å². The van der Waals surface area contributed by atoms with Gasteiger partial charge in [0.05, 0.1) is 12.2 Å². The Bertz CT molecular complexity index is 837. The van der Waals surface area contributed by atoms with Gasteiger partial charge < -0.3 is 24.3 Å². The summed E-state index contributed by atoms with van der Waals surface area (Å²) in [5, 5.41) is 11.3. The number of likely N-dealkylation sites (tertiary alicyclic amines) is 1. The molecule has 0 bridgehead atoms. The van der Waals surface area contributed by atoms with Gasteiger partial charge in [-0.15, -0.1) is 0 Å². The molecule has 1 saturated heterocycles. The molecule has 2 aliphatic heterocycles. The summed E-state index contributed by atoms with van der Waals surface area (Å²) < 4.78 is 11.0. The third kappa shape index (κ3) is 1.70. The van der Waals surface area contributed by atoms with Gasteiger partial charge >= 0.3 is 13.2 Å². The number of aromatic nitrogens is 2. The smallest absolute Gasteiger partial charge is 0.450 e. The Balaban J connectivity index is 1.42. The first-order valence-electron chi connectivity index (χ1n) is 8.30. The maximum Gasteiger partial charge on any atom is 0.493 e. The monoisotopic (exact) mass is 327 g/mol. The van der Waals surface area contributed by atoms with Gasteiger partial charge in [-0.05, 0) is 31.4 Å². The molecule has 0 atom stereocenters. The molecule has 1 aliphatic carbocycles. The number of nitrogens with one attached hydrogen (secondary N) is 1. The van der Waals surface area contributed by atoms with Crippen molar-refractivity contribution in [2.24, 2.45) is 5.41 Å². The molecule has 2 aromatic rings. The second-order valence-electron chi connectivity index (χ2n) is 7.20. The predicted octanol–water partition coefficient (Wildman–Crippen LogP) is 0.728. The number of pyridine rings is 1. The quantitative estimate of drug-likeness (QED) is 0.754. The zero-order valence-corrected chi connectivity index (χ0v) is 13.4. The second-order valence-corrected chi connectivity index (χ2v) is 7.20. The molecule has 0 aromatic carbocycles. The molecule has 3 aliphatic rings. The molecule has 4 heterocycles. The highest BCUT2D eigenvalue weighted by molar-refractivity contribution is 6.62. The Hall–Kier alpha value is -2.06. The Morgan fingerprint density at radius 1 is 1.54 bits per heavy atom. The fraction of sp³-hybridized carbons (Fsp3) is 0.500. The van der Waals surface area contributed by atoms with E-state index in [-0.39, 0.29) is 11.5 Å². The van der Waals surface area contributed by atoms with Gasteiger partial charge in [0.1, 0.15) is 5.65 Å². The first-order valence-corrected chi connectivity index (χ1v) is 8.30. The minimum atomic E-state index is -0.926. The molecule has 2 fully saturated rings. The molecule has 5 rings (SSSR count). The minimum Gasteiger partial charge on any atom is -0.450 e. The van der Waals surface area contributed by atoms with E-state index in [1.807, 2.05) is 19.2 Å². The highest BCUT2D eigenvalue weighted by atomic mass is 16.6. The van der Waals surface area contributed by atoms with E-state index in [0.717, 1.165) is 34.9 Å². The van der Waals surface area contributed by atoms with E-state index in [1.54, 1.807) is 11.1 Å². The lowest BCUT2D eigenvalue weighted by atomic mass is 9.53. The van der Waals surface area contributed by atoms with Crippen LogP contribution in [0.1, 0.15) is 25.3 Å². The van der Waals surface area contributed by atoms with Crippen LogP contribution in [0.5, 0.6) is 0 Å². The number of nitrogens with zero attached hydrogens (tertiary/aromatic N) is 2. The van der Waals surface area contributed by atoms with Crippen molar-refractivity contribution in [3.8, 4) is 0 Å². The van der Waals surface area contributed by atoms with E-state index < -0.39 is 12.7 Å². The summed E-state index contributed by atoms with van der Waals surface area (Å²) >= 11 is 0. The van der Waals surface area contributed by atoms with E-state index in [9.17, 15) is 9.82 Å². The Morgan fingerprint density at radius 3 is 3.08 bits per heavy atom. The largest absolute Gasteiger partial charge is 0.493 e. The van der Waals surface area contributed by atoms with Crippen molar-refractivity contribution in [2.45, 2.75) is 25.4 Å². The number of carbonyl (C=O) groups excluding carboxylic acids is 1. The number of H-pyrrole nitrogens is 1. The fourth-order valence-electron chi connectivity index (χ4n) is 4.81. The summed E-state index contributed by atoms with van der Waals surface area (Å²) in [6.07, 6.45) is 4.93. The summed E-state index contributed by atoms with van der Waals surface area (Å²) in [5.41, 5.74) is 2.26. The lowest BCUT2D eigenvalue weighted by molar-refractivity contribution is -0.174. The van der Waals surface area contributed by atoms with Crippen molar-refractivity contribution in [2.75, 3.05) is 19.7 Å². The first kappa shape index (κ1) is 14.3. The van der Waals surface area contributed by atoms with Gasteiger partial charge in [-0.3, -0.25) is 0 Å². The summed E-state index contributed by atoms with van der Waals surface area (Å²) in [4.78, 5) is 21.0. The van der Waals surface area contributed by atoms with Crippen molar-refractivity contribution in [1.82, 2.24) is 14.9 Å². The molecule has 2 N–H and O–H groups in total.